The Kier molecular flexibility index (Phi) is 4.91. The number of halogens is 3. The third-order valence-corrected chi connectivity index (χ3v) is 4.77. The number of H-pyrrole nitrogens is 1. The largest absolute Gasteiger partial charge is 0.497 e. The molecule has 0 radical (unpaired) electrons. The molecule has 8 heteroatoms. The van der Waals surface area contributed by atoms with E-state index in [1.165, 1.54) is 13.2 Å². The quantitative estimate of drug-likeness (QED) is 0.455. The number of methoxy groups -OCH3 is 1. The summed E-state index contributed by atoms with van der Waals surface area (Å²) in [5.41, 5.74) is 2.10. The van der Waals surface area contributed by atoms with E-state index in [4.69, 9.17) is 4.74 Å². The summed E-state index contributed by atoms with van der Waals surface area (Å²) in [6, 6.07) is 11.6. The fourth-order valence-corrected chi connectivity index (χ4v) is 3.37. The van der Waals surface area contributed by atoms with Crippen molar-refractivity contribution in [3.05, 3.63) is 82.9 Å². The molecule has 0 aliphatic heterocycles. The highest BCUT2D eigenvalue weighted by Gasteiger charge is 2.19. The predicted molar refractivity (Wildman–Crippen MR) is 104 cm³/mol. The number of ether oxygens (including phenoxy) is 1. The molecule has 4 rings (SSSR count). The molecule has 152 valence electrons. The van der Waals surface area contributed by atoms with Crippen LogP contribution in [0.5, 0.6) is 5.75 Å². The highest BCUT2D eigenvalue weighted by molar-refractivity contribution is 5.92. The molecule has 0 aliphatic carbocycles. The van der Waals surface area contributed by atoms with Gasteiger partial charge in [-0.3, -0.25) is 0 Å². The lowest BCUT2D eigenvalue weighted by Gasteiger charge is -2.07. The number of nitrogens with zero attached hydrogens (tertiary/aromatic N) is 1. The minimum atomic E-state index is -1.55. The number of carboxylic acids is 1. The second kappa shape index (κ2) is 7.55. The Labute approximate surface area is 168 Å². The normalized spacial score (nSPS) is 11.1. The summed E-state index contributed by atoms with van der Waals surface area (Å²) in [6.07, 6.45) is 0.184. The van der Waals surface area contributed by atoms with Crippen molar-refractivity contribution in [3.8, 4) is 17.0 Å². The van der Waals surface area contributed by atoms with E-state index in [1.807, 2.05) is 0 Å². The maximum atomic E-state index is 13.9. The molecule has 30 heavy (non-hydrogen) atoms. The summed E-state index contributed by atoms with van der Waals surface area (Å²) >= 11 is 0. The molecule has 0 spiro atoms. The van der Waals surface area contributed by atoms with E-state index < -0.39 is 23.4 Å². The van der Waals surface area contributed by atoms with E-state index in [1.54, 1.807) is 30.3 Å². The Balaban J connectivity index is 1.91. The van der Waals surface area contributed by atoms with Crippen molar-refractivity contribution >= 4 is 16.9 Å². The molecule has 0 atom stereocenters. The molecule has 0 saturated heterocycles. The summed E-state index contributed by atoms with van der Waals surface area (Å²) < 4.78 is 46.4. The average molecular weight is 412 g/mol. The van der Waals surface area contributed by atoms with Crippen LogP contribution in [0.3, 0.4) is 0 Å². The molecule has 2 N–H and O–H groups in total. The van der Waals surface area contributed by atoms with Gasteiger partial charge in [0, 0.05) is 34.6 Å². The third-order valence-electron chi connectivity index (χ3n) is 4.77. The number of aromatic carboxylic acids is 1. The van der Waals surface area contributed by atoms with E-state index in [0.29, 0.717) is 28.2 Å². The number of fused-ring (bicyclic) bond motifs is 1. The van der Waals surface area contributed by atoms with Gasteiger partial charge in [0.05, 0.1) is 12.8 Å². The van der Waals surface area contributed by atoms with Crippen molar-refractivity contribution in [2.75, 3.05) is 7.11 Å². The van der Waals surface area contributed by atoms with Gasteiger partial charge in [0.2, 0.25) is 0 Å². The van der Waals surface area contributed by atoms with Gasteiger partial charge in [-0.2, -0.15) is 0 Å². The number of hydrogen-bond donors (Lipinski definition) is 2. The van der Waals surface area contributed by atoms with E-state index in [-0.39, 0.29) is 17.7 Å². The highest BCUT2D eigenvalue weighted by atomic mass is 19.2. The van der Waals surface area contributed by atoms with Crippen LogP contribution in [0.4, 0.5) is 13.2 Å². The number of benzene rings is 2. The number of rotatable bonds is 5. The Hall–Kier alpha value is -3.81. The Morgan fingerprint density at radius 2 is 1.83 bits per heavy atom. The molecule has 4 aromatic rings. The smallest absolute Gasteiger partial charge is 0.354 e. The first-order valence-electron chi connectivity index (χ1n) is 8.90. The highest BCUT2D eigenvalue weighted by Crippen LogP contribution is 2.34. The van der Waals surface area contributed by atoms with Gasteiger partial charge in [-0.05, 0) is 42.0 Å². The number of nitrogens with one attached hydrogen (secondary N) is 1. The first-order chi connectivity index (χ1) is 14.4. The zero-order valence-electron chi connectivity index (χ0n) is 15.7. The molecule has 2 aromatic heterocycles. The molecular weight excluding hydrogens is 397 g/mol. The van der Waals surface area contributed by atoms with Gasteiger partial charge in [-0.15, -0.1) is 0 Å². The lowest BCUT2D eigenvalue weighted by atomic mass is 10.0. The van der Waals surface area contributed by atoms with Gasteiger partial charge < -0.3 is 14.8 Å². The van der Waals surface area contributed by atoms with Gasteiger partial charge in [0.25, 0.3) is 0 Å². The first-order valence-corrected chi connectivity index (χ1v) is 8.90. The van der Waals surface area contributed by atoms with Crippen LogP contribution in [0.1, 0.15) is 21.7 Å². The Morgan fingerprint density at radius 3 is 2.50 bits per heavy atom. The fraction of sp³-hybridized carbons (Fsp3) is 0.0909. The van der Waals surface area contributed by atoms with Crippen molar-refractivity contribution in [2.45, 2.75) is 6.42 Å². The van der Waals surface area contributed by atoms with E-state index in [9.17, 15) is 23.1 Å². The van der Waals surface area contributed by atoms with Crippen molar-refractivity contribution < 1.29 is 27.8 Å². The lowest BCUT2D eigenvalue weighted by molar-refractivity contribution is 0.0690. The third kappa shape index (κ3) is 3.47. The number of aromatic amines is 1. The molecule has 0 unspecified atom stereocenters. The summed E-state index contributed by atoms with van der Waals surface area (Å²) in [5.74, 6) is -4.75. The maximum absolute atomic E-state index is 13.9. The number of hydrogen-bond acceptors (Lipinski definition) is 3. The predicted octanol–water partition coefficient (Wildman–Crippen LogP) is 4.94. The minimum absolute atomic E-state index is 0.116. The van der Waals surface area contributed by atoms with Crippen LogP contribution in [0.2, 0.25) is 0 Å². The van der Waals surface area contributed by atoms with Crippen molar-refractivity contribution in [1.29, 1.82) is 0 Å². The fourth-order valence-electron chi connectivity index (χ4n) is 3.37. The van der Waals surface area contributed by atoms with Crippen LogP contribution >= 0.6 is 0 Å². The number of carboxylic acid groups (broad SMARTS) is 1. The zero-order valence-corrected chi connectivity index (χ0v) is 15.7. The van der Waals surface area contributed by atoms with Crippen molar-refractivity contribution in [3.63, 3.8) is 0 Å². The first kappa shape index (κ1) is 19.5. The molecule has 0 bridgehead atoms. The Morgan fingerprint density at radius 1 is 1.10 bits per heavy atom. The van der Waals surface area contributed by atoms with Gasteiger partial charge in [-0.1, -0.05) is 6.07 Å². The van der Waals surface area contributed by atoms with Gasteiger partial charge in [0.1, 0.15) is 11.4 Å². The molecule has 0 aliphatic rings. The van der Waals surface area contributed by atoms with Crippen LogP contribution in [0.15, 0.2) is 48.5 Å². The van der Waals surface area contributed by atoms with Crippen LogP contribution in [0, 0.1) is 17.5 Å². The molecule has 0 fully saturated rings. The topological polar surface area (TPSA) is 75.2 Å². The van der Waals surface area contributed by atoms with Gasteiger partial charge in [0.15, 0.2) is 17.5 Å². The summed E-state index contributed by atoms with van der Waals surface area (Å²) in [5, 5.41) is 9.92. The van der Waals surface area contributed by atoms with Gasteiger partial charge >= 0.3 is 5.97 Å². The van der Waals surface area contributed by atoms with E-state index >= 15 is 0 Å². The second-order valence-electron chi connectivity index (χ2n) is 6.64. The van der Waals surface area contributed by atoms with Crippen LogP contribution in [-0.2, 0) is 6.42 Å². The summed E-state index contributed by atoms with van der Waals surface area (Å²) in [6.45, 7) is 0. The van der Waals surface area contributed by atoms with Crippen molar-refractivity contribution in [1.82, 2.24) is 9.97 Å². The van der Waals surface area contributed by atoms with Crippen LogP contribution in [0.25, 0.3) is 22.2 Å². The maximum Gasteiger partial charge on any atom is 0.354 e. The van der Waals surface area contributed by atoms with Crippen LogP contribution < -0.4 is 4.74 Å². The number of carbonyl (C=O) groups is 1. The number of aromatic nitrogens is 2. The lowest BCUT2D eigenvalue weighted by Crippen LogP contribution is -2.03. The van der Waals surface area contributed by atoms with Crippen molar-refractivity contribution in [2.24, 2.45) is 0 Å². The SMILES string of the molecule is COc1ccc2c(Cc3cccc(C(=O)O)n3)c(-c3cc(F)c(F)c(F)c3)[nH]c2c1. The summed E-state index contributed by atoms with van der Waals surface area (Å²) in [4.78, 5) is 18.5. The zero-order chi connectivity index (χ0) is 21.4. The molecule has 2 aromatic carbocycles. The molecule has 0 saturated carbocycles. The molecular formula is C22H15F3N2O3. The average Bonchev–Trinajstić information content (AvgIpc) is 3.09. The van der Waals surface area contributed by atoms with E-state index in [2.05, 4.69) is 9.97 Å². The number of pyridine rings is 1. The molecule has 5 nitrogen and oxygen atoms in total. The summed E-state index contributed by atoms with van der Waals surface area (Å²) in [7, 11) is 1.51. The Bertz CT molecular complexity index is 1260. The van der Waals surface area contributed by atoms with Crippen LogP contribution in [-0.4, -0.2) is 28.2 Å². The molecule has 2 heterocycles. The second-order valence-corrected chi connectivity index (χ2v) is 6.64. The van der Waals surface area contributed by atoms with E-state index in [0.717, 1.165) is 17.5 Å². The minimum Gasteiger partial charge on any atom is -0.497 e. The monoisotopic (exact) mass is 412 g/mol. The van der Waals surface area contributed by atoms with Gasteiger partial charge in [-0.25, -0.2) is 22.9 Å². The standard InChI is InChI=1S/C22H15F3N2O3/c1-30-13-5-6-14-15(9-12-3-2-4-18(26-12)22(28)29)21(27-19(14)10-13)11-7-16(23)20(25)17(24)8-11/h2-8,10,27H,9H2,1H3,(H,28,29). The molecule has 0 amide bonds.